The van der Waals surface area contributed by atoms with Crippen molar-refractivity contribution >= 4 is 124 Å². The van der Waals surface area contributed by atoms with Crippen molar-refractivity contribution in [3.05, 3.63) is 0 Å². The van der Waals surface area contributed by atoms with Crippen molar-refractivity contribution in [3.63, 3.8) is 0 Å². The number of hydrogen-bond donors (Lipinski definition) is 2. The Kier molecular flexibility index (Phi) is 39.1. The number of thioether (sulfide) groups is 9. The maximum atomic E-state index is 11.8. The third-order valence-corrected chi connectivity index (χ3v) is 13.8. The van der Waals surface area contributed by atoms with E-state index in [2.05, 4.69) is 0 Å². The van der Waals surface area contributed by atoms with Gasteiger partial charge in [0.1, 0.15) is 19.2 Å². The predicted molar refractivity (Wildman–Crippen MR) is 195 cm³/mol. The minimum absolute atomic E-state index is 0.135. The molecule has 0 aromatic carbocycles. The lowest BCUT2D eigenvalue weighted by Gasteiger charge is -2.06. The Hall–Kier alpha value is 1.40. The molecule has 0 heterocycles. The molecule has 0 radical (unpaired) electrons. The molecule has 0 amide bonds. The van der Waals surface area contributed by atoms with Crippen LogP contribution in [0.25, 0.3) is 0 Å². The van der Waals surface area contributed by atoms with Crippen LogP contribution in [0.2, 0.25) is 0 Å². The van der Waals surface area contributed by atoms with Gasteiger partial charge in [0.05, 0.1) is 44.4 Å². The number of aliphatic hydroxyl groups is 2. The van der Waals surface area contributed by atoms with E-state index in [1.807, 2.05) is 0 Å². The van der Waals surface area contributed by atoms with Gasteiger partial charge in [-0.1, -0.05) is 0 Å². The summed E-state index contributed by atoms with van der Waals surface area (Å²) in [6.07, 6.45) is 0.405. The largest absolute Gasteiger partial charge is 0.465 e. The van der Waals surface area contributed by atoms with Crippen LogP contribution in [0.5, 0.6) is 0 Å². The van der Waals surface area contributed by atoms with Gasteiger partial charge in [-0.3, -0.25) is 14.4 Å². The number of esters is 3. The monoisotopic (exact) mass is 780 g/mol. The lowest BCUT2D eigenvalue weighted by atomic mass is 10.5. The summed E-state index contributed by atoms with van der Waals surface area (Å²) < 4.78 is 15.4. The standard InChI is InChI=1S/C24H44O10S9/c25-2-9-35-11-4-30-22(27)1-8-37-18-38-13-6-33-34-7-14-39-19-40-16-24(29)32-17-42-21-43-20-41-15-23(28)31-5-12-36-10-3-26/h25-26H,1-21H2. The Morgan fingerprint density at radius 1 is 0.442 bits per heavy atom. The van der Waals surface area contributed by atoms with Gasteiger partial charge in [-0.2, -0.15) is 35.3 Å². The molecule has 0 bridgehead atoms. The predicted octanol–water partition coefficient (Wildman–Crippen LogP) is 4.33. The Balaban J connectivity index is 3.26. The van der Waals surface area contributed by atoms with E-state index >= 15 is 0 Å². The molecule has 0 aliphatic heterocycles. The van der Waals surface area contributed by atoms with Gasteiger partial charge < -0.3 is 24.4 Å². The maximum absolute atomic E-state index is 11.8. The first-order chi connectivity index (χ1) is 21.1. The molecule has 0 aromatic rings. The lowest BCUT2D eigenvalue weighted by molar-refractivity contribution is -0.285. The van der Waals surface area contributed by atoms with Crippen LogP contribution in [0.4, 0.5) is 0 Å². The van der Waals surface area contributed by atoms with Crippen LogP contribution in [0.15, 0.2) is 0 Å². The van der Waals surface area contributed by atoms with Crippen LogP contribution in [0.3, 0.4) is 0 Å². The first-order valence-electron chi connectivity index (χ1n) is 13.2. The fraction of sp³-hybridized carbons (Fsp3) is 0.875. The highest BCUT2D eigenvalue weighted by atomic mass is 32.2. The molecule has 0 aliphatic carbocycles. The molecule has 0 spiro atoms. The molecule has 0 rings (SSSR count). The van der Waals surface area contributed by atoms with Gasteiger partial charge in [0.25, 0.3) is 0 Å². The highest BCUT2D eigenvalue weighted by molar-refractivity contribution is 8.22. The summed E-state index contributed by atoms with van der Waals surface area (Å²) in [5, 5.41) is 20.6. The third-order valence-electron chi connectivity index (χ3n) is 4.02. The maximum Gasteiger partial charge on any atom is 0.316 e. The molecule has 0 saturated carbocycles. The van der Waals surface area contributed by atoms with Crippen molar-refractivity contribution in [2.75, 3.05) is 118 Å². The van der Waals surface area contributed by atoms with Crippen LogP contribution in [-0.2, 0) is 38.4 Å². The highest BCUT2D eigenvalue weighted by Crippen LogP contribution is 2.19. The van der Waals surface area contributed by atoms with E-state index in [4.69, 9.17) is 34.2 Å². The Labute approximate surface area is 294 Å². The normalized spacial score (nSPS) is 11.0. The summed E-state index contributed by atoms with van der Waals surface area (Å²) in [5.74, 6) is 5.38. The van der Waals surface area contributed by atoms with Crippen LogP contribution < -0.4 is 0 Å². The van der Waals surface area contributed by atoms with Gasteiger partial charge in [-0.25, -0.2) is 9.78 Å². The van der Waals surface area contributed by atoms with Gasteiger partial charge in [0.2, 0.25) is 0 Å². The third kappa shape index (κ3) is 37.7. The van der Waals surface area contributed by atoms with Gasteiger partial charge in [0, 0.05) is 60.6 Å². The Morgan fingerprint density at radius 2 is 0.907 bits per heavy atom. The van der Waals surface area contributed by atoms with Crippen molar-refractivity contribution in [2.24, 2.45) is 0 Å². The fourth-order valence-corrected chi connectivity index (χ4v) is 9.80. The Bertz CT molecular complexity index is 657. The molecule has 0 aromatic heterocycles. The smallest absolute Gasteiger partial charge is 0.316 e. The molecule has 0 unspecified atom stereocenters. The summed E-state index contributed by atoms with van der Waals surface area (Å²) >= 11 is 14.4. The fourth-order valence-electron chi connectivity index (χ4n) is 2.21. The number of hydrogen-bond acceptors (Lipinski definition) is 19. The van der Waals surface area contributed by atoms with E-state index in [0.717, 1.165) is 37.6 Å². The van der Waals surface area contributed by atoms with Gasteiger partial charge >= 0.3 is 17.9 Å². The molecule has 0 aliphatic rings. The molecule has 2 N–H and O–H groups in total. The molecule has 10 nitrogen and oxygen atoms in total. The SMILES string of the molecule is O=C(CCSCSCCOOCCSCSCC(=O)OCSCSCSCC(=O)OCCSCCO)OCCSCCO. The van der Waals surface area contributed by atoms with Crippen LogP contribution in [0, 0.1) is 0 Å². The highest BCUT2D eigenvalue weighted by Gasteiger charge is 2.06. The van der Waals surface area contributed by atoms with Crippen molar-refractivity contribution < 1.29 is 48.6 Å². The summed E-state index contributed by atoms with van der Waals surface area (Å²) in [4.78, 5) is 45.3. The van der Waals surface area contributed by atoms with Crippen molar-refractivity contribution in [1.29, 1.82) is 0 Å². The first-order valence-corrected chi connectivity index (χ1v) is 23.6. The molecule has 254 valence electrons. The average Bonchev–Trinajstić information content (AvgIpc) is 3.00. The van der Waals surface area contributed by atoms with Gasteiger partial charge in [0.15, 0.2) is 0 Å². The second kappa shape index (κ2) is 37.9. The van der Waals surface area contributed by atoms with E-state index in [1.165, 1.54) is 35.3 Å². The van der Waals surface area contributed by atoms with E-state index in [0.29, 0.717) is 73.3 Å². The van der Waals surface area contributed by atoms with E-state index in [9.17, 15) is 14.4 Å². The molecule has 19 heteroatoms. The number of rotatable bonds is 34. The van der Waals surface area contributed by atoms with Crippen LogP contribution in [0.1, 0.15) is 6.42 Å². The van der Waals surface area contributed by atoms with E-state index < -0.39 is 0 Å². The number of aliphatic hydroxyl groups excluding tert-OH is 2. The number of carbonyl (C=O) groups excluding carboxylic acids is 3. The summed E-state index contributed by atoms with van der Waals surface area (Å²) in [6.45, 7) is 2.03. The lowest BCUT2D eigenvalue weighted by Crippen LogP contribution is -2.10. The molecule has 0 fully saturated rings. The minimum Gasteiger partial charge on any atom is -0.465 e. The van der Waals surface area contributed by atoms with E-state index in [1.54, 1.807) is 70.6 Å². The zero-order valence-electron chi connectivity index (χ0n) is 24.2. The summed E-state index contributed by atoms with van der Waals surface area (Å²) in [7, 11) is 0. The zero-order valence-corrected chi connectivity index (χ0v) is 31.5. The summed E-state index contributed by atoms with van der Waals surface area (Å²) in [5.41, 5.74) is 0. The number of ether oxygens (including phenoxy) is 3. The van der Waals surface area contributed by atoms with Crippen molar-refractivity contribution in [2.45, 2.75) is 6.42 Å². The molecule has 43 heavy (non-hydrogen) atoms. The molecular weight excluding hydrogens is 737 g/mol. The number of carbonyl (C=O) groups is 3. The Morgan fingerprint density at radius 3 is 1.51 bits per heavy atom. The first kappa shape index (κ1) is 44.4. The topological polar surface area (TPSA) is 138 Å². The second-order valence-corrected chi connectivity index (χ2v) is 18.6. The second-order valence-electron chi connectivity index (χ2n) is 7.44. The van der Waals surface area contributed by atoms with E-state index in [-0.39, 0.29) is 31.1 Å². The van der Waals surface area contributed by atoms with Gasteiger partial charge in [-0.05, 0) is 0 Å². The molecule has 0 atom stereocenters. The minimum atomic E-state index is -0.225. The quantitative estimate of drug-likeness (QED) is 0.0239. The van der Waals surface area contributed by atoms with Crippen molar-refractivity contribution in [1.82, 2.24) is 0 Å². The van der Waals surface area contributed by atoms with Crippen LogP contribution in [-0.4, -0.2) is 146 Å². The van der Waals surface area contributed by atoms with Crippen molar-refractivity contribution in [3.8, 4) is 0 Å². The van der Waals surface area contributed by atoms with Crippen LogP contribution >= 0.6 is 106 Å². The molecular formula is C24H44O10S9. The zero-order chi connectivity index (χ0) is 31.5. The molecule has 0 saturated heterocycles. The van der Waals surface area contributed by atoms with Gasteiger partial charge in [-0.15, -0.1) is 70.6 Å². The average molecular weight is 781 g/mol. The summed E-state index contributed by atoms with van der Waals surface area (Å²) in [6, 6.07) is 0.